The van der Waals surface area contributed by atoms with Gasteiger partial charge in [0.2, 0.25) is 0 Å². The van der Waals surface area contributed by atoms with Crippen LogP contribution in [0.1, 0.15) is 34.6 Å². The highest BCUT2D eigenvalue weighted by Crippen LogP contribution is 2.38. The summed E-state index contributed by atoms with van der Waals surface area (Å²) in [5.74, 6) is 0. The molecule has 0 aliphatic heterocycles. The van der Waals surface area contributed by atoms with Gasteiger partial charge in [0.25, 0.3) is 11.2 Å². The first kappa shape index (κ1) is 17.2. The van der Waals surface area contributed by atoms with E-state index in [9.17, 15) is 14.9 Å². The standard InChI is InChI=1S/C18H17N3O3S2/c1-10(11-5-3-6-12(9-11)21(23)24)25-18-19-16-15(17(22)20(18)2)13-7-4-8-14(13)26-16/h3,5-6,9-10H,4,7-8H2,1-2H3/t10-/m1/s1. The van der Waals surface area contributed by atoms with Gasteiger partial charge in [0.15, 0.2) is 5.16 Å². The third-order valence-electron chi connectivity index (χ3n) is 4.74. The van der Waals surface area contributed by atoms with Gasteiger partial charge in [-0.25, -0.2) is 4.98 Å². The molecule has 1 atom stereocenters. The lowest BCUT2D eigenvalue weighted by molar-refractivity contribution is -0.384. The highest BCUT2D eigenvalue weighted by atomic mass is 32.2. The Morgan fingerprint density at radius 1 is 1.38 bits per heavy atom. The second-order valence-corrected chi connectivity index (χ2v) is 8.80. The number of aromatic nitrogens is 2. The lowest BCUT2D eigenvalue weighted by Crippen LogP contribution is -2.20. The van der Waals surface area contributed by atoms with Crippen molar-refractivity contribution in [1.29, 1.82) is 0 Å². The fourth-order valence-electron chi connectivity index (χ4n) is 3.33. The molecule has 0 N–H and O–H groups in total. The first-order valence-corrected chi connectivity index (χ1v) is 10.1. The maximum Gasteiger partial charge on any atom is 0.269 e. The zero-order valence-electron chi connectivity index (χ0n) is 14.4. The molecule has 0 radical (unpaired) electrons. The van der Waals surface area contributed by atoms with Crippen LogP contribution in [0.2, 0.25) is 0 Å². The van der Waals surface area contributed by atoms with Gasteiger partial charge >= 0.3 is 0 Å². The van der Waals surface area contributed by atoms with Crippen molar-refractivity contribution in [2.75, 3.05) is 0 Å². The summed E-state index contributed by atoms with van der Waals surface area (Å²) in [6.07, 6.45) is 3.11. The summed E-state index contributed by atoms with van der Waals surface area (Å²) < 4.78 is 1.60. The van der Waals surface area contributed by atoms with E-state index in [1.165, 1.54) is 28.3 Å². The average Bonchev–Trinajstić information content (AvgIpc) is 3.20. The molecule has 1 aliphatic carbocycles. The van der Waals surface area contributed by atoms with E-state index < -0.39 is 4.92 Å². The Balaban J connectivity index is 1.71. The van der Waals surface area contributed by atoms with Crippen LogP contribution < -0.4 is 5.56 Å². The third-order valence-corrected chi connectivity index (χ3v) is 7.13. The number of benzene rings is 1. The minimum atomic E-state index is -0.395. The molecule has 4 rings (SSSR count). The lowest BCUT2D eigenvalue weighted by Gasteiger charge is -2.13. The second kappa shape index (κ2) is 6.51. The fourth-order valence-corrected chi connectivity index (χ4v) is 5.62. The summed E-state index contributed by atoms with van der Waals surface area (Å²) in [4.78, 5) is 30.3. The molecule has 26 heavy (non-hydrogen) atoms. The molecule has 0 spiro atoms. The molecule has 134 valence electrons. The molecule has 8 heteroatoms. The van der Waals surface area contributed by atoms with Crippen LogP contribution in [0.3, 0.4) is 0 Å². The second-order valence-electron chi connectivity index (χ2n) is 6.41. The predicted octanol–water partition coefficient (Wildman–Crippen LogP) is 4.25. The Bertz CT molecular complexity index is 1090. The predicted molar refractivity (Wildman–Crippen MR) is 104 cm³/mol. The number of nitro benzene ring substituents is 1. The molecule has 2 heterocycles. The molecule has 0 bridgehead atoms. The summed E-state index contributed by atoms with van der Waals surface area (Å²) >= 11 is 3.07. The Hall–Kier alpha value is -2.19. The van der Waals surface area contributed by atoms with E-state index in [4.69, 9.17) is 4.98 Å². The van der Waals surface area contributed by atoms with Crippen LogP contribution in [0.25, 0.3) is 10.2 Å². The quantitative estimate of drug-likeness (QED) is 0.289. The van der Waals surface area contributed by atoms with Crippen molar-refractivity contribution in [2.24, 2.45) is 7.05 Å². The molecule has 0 fully saturated rings. The van der Waals surface area contributed by atoms with Crippen LogP contribution in [0.15, 0.2) is 34.2 Å². The van der Waals surface area contributed by atoms with E-state index in [0.717, 1.165) is 35.0 Å². The maximum absolute atomic E-state index is 12.9. The van der Waals surface area contributed by atoms with Gasteiger partial charge in [-0.2, -0.15) is 0 Å². The first-order chi connectivity index (χ1) is 12.5. The molecule has 6 nitrogen and oxygen atoms in total. The van der Waals surface area contributed by atoms with Gasteiger partial charge in [-0.1, -0.05) is 23.9 Å². The Morgan fingerprint density at radius 2 is 2.19 bits per heavy atom. The minimum Gasteiger partial charge on any atom is -0.290 e. The number of hydrogen-bond acceptors (Lipinski definition) is 6. The number of thiophene rings is 1. The number of fused-ring (bicyclic) bond motifs is 3. The van der Waals surface area contributed by atoms with E-state index in [2.05, 4.69) is 0 Å². The zero-order valence-corrected chi connectivity index (χ0v) is 16.0. The van der Waals surface area contributed by atoms with Crippen LogP contribution in [-0.2, 0) is 19.9 Å². The number of nitro groups is 1. The van der Waals surface area contributed by atoms with E-state index in [0.29, 0.717) is 5.16 Å². The summed E-state index contributed by atoms with van der Waals surface area (Å²) in [5.41, 5.74) is 2.10. The maximum atomic E-state index is 12.9. The van der Waals surface area contributed by atoms with Crippen molar-refractivity contribution in [1.82, 2.24) is 9.55 Å². The summed E-state index contributed by atoms with van der Waals surface area (Å²) in [6, 6.07) is 6.60. The number of thioether (sulfide) groups is 1. The highest BCUT2D eigenvalue weighted by molar-refractivity contribution is 7.99. The van der Waals surface area contributed by atoms with Gasteiger partial charge in [0.05, 0.1) is 10.3 Å². The van der Waals surface area contributed by atoms with Crippen molar-refractivity contribution >= 4 is 39.0 Å². The minimum absolute atomic E-state index is 0.00291. The van der Waals surface area contributed by atoms with E-state index in [1.54, 1.807) is 35.1 Å². The molecule has 0 saturated heterocycles. The van der Waals surface area contributed by atoms with Crippen LogP contribution in [0.4, 0.5) is 5.69 Å². The molecule has 0 saturated carbocycles. The molecule has 0 unspecified atom stereocenters. The van der Waals surface area contributed by atoms with Crippen molar-refractivity contribution in [2.45, 2.75) is 36.6 Å². The summed E-state index contributed by atoms with van der Waals surface area (Å²) in [5, 5.41) is 12.3. The van der Waals surface area contributed by atoms with Gasteiger partial charge in [-0.05, 0) is 37.3 Å². The lowest BCUT2D eigenvalue weighted by atomic mass is 10.1. The van der Waals surface area contributed by atoms with Crippen molar-refractivity contribution in [3.8, 4) is 0 Å². The number of aryl methyl sites for hydroxylation is 2. The van der Waals surface area contributed by atoms with Crippen molar-refractivity contribution in [3.63, 3.8) is 0 Å². The van der Waals surface area contributed by atoms with Crippen molar-refractivity contribution < 1.29 is 4.92 Å². The number of nitrogens with zero attached hydrogens (tertiary/aromatic N) is 3. The van der Waals surface area contributed by atoms with E-state index >= 15 is 0 Å². The van der Waals surface area contributed by atoms with Gasteiger partial charge in [-0.15, -0.1) is 11.3 Å². The smallest absolute Gasteiger partial charge is 0.269 e. The molecule has 1 aliphatic rings. The van der Waals surface area contributed by atoms with Gasteiger partial charge in [0, 0.05) is 29.3 Å². The summed E-state index contributed by atoms with van der Waals surface area (Å²) in [6.45, 7) is 1.97. The molecule has 0 amide bonds. The average molecular weight is 387 g/mol. The van der Waals surface area contributed by atoms with E-state index in [-0.39, 0.29) is 16.5 Å². The van der Waals surface area contributed by atoms with Crippen LogP contribution in [0.5, 0.6) is 0 Å². The van der Waals surface area contributed by atoms with Gasteiger partial charge < -0.3 is 0 Å². The Morgan fingerprint density at radius 3 is 2.96 bits per heavy atom. The largest absolute Gasteiger partial charge is 0.290 e. The fraction of sp³-hybridized carbons (Fsp3) is 0.333. The van der Waals surface area contributed by atoms with Crippen LogP contribution in [0, 0.1) is 10.1 Å². The zero-order chi connectivity index (χ0) is 18.4. The first-order valence-electron chi connectivity index (χ1n) is 8.38. The monoisotopic (exact) mass is 387 g/mol. The van der Waals surface area contributed by atoms with Gasteiger partial charge in [0.1, 0.15) is 4.83 Å². The number of hydrogen-bond donors (Lipinski definition) is 0. The molecule has 3 aromatic rings. The highest BCUT2D eigenvalue weighted by Gasteiger charge is 2.23. The van der Waals surface area contributed by atoms with Gasteiger partial charge in [-0.3, -0.25) is 19.5 Å². The van der Waals surface area contributed by atoms with Crippen LogP contribution >= 0.6 is 23.1 Å². The summed E-state index contributed by atoms with van der Waals surface area (Å²) in [7, 11) is 1.75. The van der Waals surface area contributed by atoms with Crippen molar-refractivity contribution in [3.05, 3.63) is 60.7 Å². The SMILES string of the molecule is C[C@@H](Sc1nc2sc3c(c2c(=O)n1C)CCC3)c1cccc([N+](=O)[O-])c1. The number of rotatable bonds is 4. The topological polar surface area (TPSA) is 78.0 Å². The third kappa shape index (κ3) is 2.83. The van der Waals surface area contributed by atoms with E-state index in [1.807, 2.05) is 13.0 Å². The molecule has 2 aromatic heterocycles. The Labute approximate surface area is 158 Å². The van der Waals surface area contributed by atoms with Crippen LogP contribution in [-0.4, -0.2) is 14.5 Å². The normalized spacial score (nSPS) is 14.5. The number of non-ortho nitro benzene ring substituents is 1. The molecular formula is C18H17N3O3S2. The molecular weight excluding hydrogens is 370 g/mol. The molecule has 1 aromatic carbocycles. The Kier molecular flexibility index (Phi) is 4.32.